The number of aromatic nitrogens is 1. The highest BCUT2D eigenvalue weighted by Gasteiger charge is 2.43. The molecule has 1 N–H and O–H groups in total. The first-order valence-corrected chi connectivity index (χ1v) is 10.8. The van der Waals surface area contributed by atoms with Crippen LogP contribution in [0.4, 0.5) is 10.6 Å². The molecule has 1 amide bonds. The highest BCUT2D eigenvalue weighted by atomic mass is 16.6. The summed E-state index contributed by atoms with van der Waals surface area (Å²) in [7, 11) is 3.51. The number of fused-ring (bicyclic) bond motifs is 3. The van der Waals surface area contributed by atoms with Crippen LogP contribution in [0.2, 0.25) is 0 Å². The van der Waals surface area contributed by atoms with E-state index in [9.17, 15) is 14.7 Å². The minimum absolute atomic E-state index is 0.0780. The van der Waals surface area contributed by atoms with Crippen molar-refractivity contribution < 1.29 is 33.6 Å². The van der Waals surface area contributed by atoms with Crippen molar-refractivity contribution in [1.82, 2.24) is 9.88 Å². The molecule has 0 radical (unpaired) electrons. The Morgan fingerprint density at radius 1 is 1.24 bits per heavy atom. The topological polar surface area (TPSA) is 111 Å². The number of amides is 1. The number of carboxylic acid groups (broad SMARTS) is 1. The Hall–Kier alpha value is -3.43. The van der Waals surface area contributed by atoms with Gasteiger partial charge in [0.05, 0.1) is 20.2 Å². The average molecular weight is 459 g/mol. The van der Waals surface area contributed by atoms with Crippen molar-refractivity contribution in [3.05, 3.63) is 18.2 Å². The molecular formula is C23H29N3O7. The van der Waals surface area contributed by atoms with Gasteiger partial charge in [-0.25, -0.2) is 9.59 Å². The molecule has 0 spiro atoms. The monoisotopic (exact) mass is 459 g/mol. The Balaban J connectivity index is 1.67. The third kappa shape index (κ3) is 4.55. The maximum Gasteiger partial charge on any atom is 0.411 e. The summed E-state index contributed by atoms with van der Waals surface area (Å²) in [6.45, 7) is 6.49. The number of aliphatic carboxylic acids is 1. The highest BCUT2D eigenvalue weighted by Crippen LogP contribution is 2.42. The van der Waals surface area contributed by atoms with Gasteiger partial charge in [-0.3, -0.25) is 4.90 Å². The molecule has 1 fully saturated rings. The van der Waals surface area contributed by atoms with Gasteiger partial charge in [-0.05, 0) is 39.0 Å². The van der Waals surface area contributed by atoms with E-state index in [2.05, 4.69) is 0 Å². The number of nitrogens with zero attached hydrogens (tertiary/aromatic N) is 3. The van der Waals surface area contributed by atoms with Crippen molar-refractivity contribution >= 4 is 28.7 Å². The van der Waals surface area contributed by atoms with Crippen LogP contribution in [0.15, 0.2) is 18.2 Å². The maximum atomic E-state index is 12.6. The zero-order chi connectivity index (χ0) is 23.9. The summed E-state index contributed by atoms with van der Waals surface area (Å²) in [5, 5.41) is 11.2. The van der Waals surface area contributed by atoms with Crippen LogP contribution in [0.5, 0.6) is 17.4 Å². The summed E-state index contributed by atoms with van der Waals surface area (Å²) in [6.07, 6.45) is -1.12. The van der Waals surface area contributed by atoms with E-state index in [0.29, 0.717) is 41.7 Å². The largest absolute Gasteiger partial charge is 0.497 e. The van der Waals surface area contributed by atoms with E-state index in [1.165, 1.54) is 4.90 Å². The number of methoxy groups -OCH3 is 1. The van der Waals surface area contributed by atoms with Gasteiger partial charge in [0.1, 0.15) is 30.1 Å². The fourth-order valence-corrected chi connectivity index (χ4v) is 4.03. The lowest BCUT2D eigenvalue weighted by Gasteiger charge is -2.28. The minimum atomic E-state index is -1.10. The van der Waals surface area contributed by atoms with Gasteiger partial charge in [0.25, 0.3) is 0 Å². The Morgan fingerprint density at radius 3 is 2.67 bits per heavy atom. The first kappa shape index (κ1) is 22.8. The van der Waals surface area contributed by atoms with Crippen molar-refractivity contribution in [2.45, 2.75) is 44.9 Å². The minimum Gasteiger partial charge on any atom is -0.497 e. The number of rotatable bonds is 4. The van der Waals surface area contributed by atoms with Crippen LogP contribution in [0, 0.1) is 0 Å². The molecule has 0 saturated carbocycles. The molecule has 178 valence electrons. The summed E-state index contributed by atoms with van der Waals surface area (Å²) >= 11 is 0. The number of pyridine rings is 1. The Morgan fingerprint density at radius 2 is 2.00 bits per heavy atom. The summed E-state index contributed by atoms with van der Waals surface area (Å²) < 4.78 is 22.9. The predicted molar refractivity (Wildman–Crippen MR) is 120 cm³/mol. The van der Waals surface area contributed by atoms with E-state index in [1.807, 2.05) is 24.1 Å². The number of hydrogen-bond donors (Lipinski definition) is 1. The number of anilines is 1. The van der Waals surface area contributed by atoms with Gasteiger partial charge in [0.2, 0.25) is 5.88 Å². The predicted octanol–water partition coefficient (Wildman–Crippen LogP) is 2.91. The first-order chi connectivity index (χ1) is 15.6. The first-order valence-electron chi connectivity index (χ1n) is 10.8. The lowest BCUT2D eigenvalue weighted by atomic mass is 10.1. The average Bonchev–Trinajstić information content (AvgIpc) is 3.17. The van der Waals surface area contributed by atoms with Gasteiger partial charge in [-0.1, -0.05) is 0 Å². The Bertz CT molecular complexity index is 1080. The van der Waals surface area contributed by atoms with Gasteiger partial charge in [0.15, 0.2) is 11.6 Å². The number of carboxylic acids is 1. The quantitative estimate of drug-likeness (QED) is 0.738. The van der Waals surface area contributed by atoms with Crippen LogP contribution in [0.25, 0.3) is 10.8 Å². The molecule has 3 heterocycles. The van der Waals surface area contributed by atoms with E-state index in [-0.39, 0.29) is 13.0 Å². The molecule has 2 atom stereocenters. The van der Waals surface area contributed by atoms with Crippen LogP contribution >= 0.6 is 0 Å². The van der Waals surface area contributed by atoms with Crippen molar-refractivity contribution in [3.8, 4) is 17.4 Å². The second kappa shape index (κ2) is 8.49. The van der Waals surface area contributed by atoms with Crippen LogP contribution in [-0.2, 0) is 9.53 Å². The SMILES string of the molecule is COc1ccc2c(O[C@@H]3CC(C(=O)O)N(C(=O)OC(C)(C)C)C3)nc3c(c2c1)OCCN3C. The molecule has 1 aromatic carbocycles. The highest BCUT2D eigenvalue weighted by molar-refractivity contribution is 5.97. The van der Waals surface area contributed by atoms with E-state index in [0.717, 1.165) is 5.39 Å². The molecule has 2 aliphatic rings. The van der Waals surface area contributed by atoms with Crippen LogP contribution < -0.4 is 19.1 Å². The van der Waals surface area contributed by atoms with Crippen molar-refractivity contribution in [3.63, 3.8) is 0 Å². The van der Waals surface area contributed by atoms with Gasteiger partial charge in [-0.2, -0.15) is 4.98 Å². The van der Waals surface area contributed by atoms with Crippen molar-refractivity contribution in [2.24, 2.45) is 0 Å². The van der Waals surface area contributed by atoms with E-state index >= 15 is 0 Å². The number of hydrogen-bond acceptors (Lipinski definition) is 8. The molecular weight excluding hydrogens is 430 g/mol. The summed E-state index contributed by atoms with van der Waals surface area (Å²) in [5.74, 6) is 1.20. The molecule has 1 saturated heterocycles. The molecule has 1 unspecified atom stereocenters. The van der Waals surface area contributed by atoms with E-state index in [4.69, 9.17) is 23.9 Å². The Labute approximate surface area is 192 Å². The smallest absolute Gasteiger partial charge is 0.411 e. The summed E-state index contributed by atoms with van der Waals surface area (Å²) in [6, 6.07) is 4.46. The third-order valence-corrected chi connectivity index (χ3v) is 5.60. The number of likely N-dealkylation sites (tertiary alicyclic amines) is 1. The zero-order valence-electron chi connectivity index (χ0n) is 19.5. The van der Waals surface area contributed by atoms with Gasteiger partial charge < -0.3 is 29.0 Å². The normalized spacial score (nSPS) is 20.3. The van der Waals surface area contributed by atoms with Crippen molar-refractivity contribution in [2.75, 3.05) is 38.8 Å². The lowest BCUT2D eigenvalue weighted by Crippen LogP contribution is -2.43. The number of carbonyl (C=O) groups is 2. The molecule has 10 heteroatoms. The molecule has 10 nitrogen and oxygen atoms in total. The third-order valence-electron chi connectivity index (χ3n) is 5.60. The zero-order valence-corrected chi connectivity index (χ0v) is 19.5. The summed E-state index contributed by atoms with van der Waals surface area (Å²) in [4.78, 5) is 32.3. The van der Waals surface area contributed by atoms with Gasteiger partial charge in [-0.15, -0.1) is 0 Å². The van der Waals surface area contributed by atoms with Gasteiger partial charge in [0, 0.05) is 24.2 Å². The standard InChI is InChI=1S/C23H29N3O7/c1-23(2,3)33-22(29)26-12-14(11-17(26)21(27)28)32-20-15-7-6-13(30-5)10-16(15)18-19(24-20)25(4)8-9-31-18/h6-7,10,14,17H,8-9,11-12H2,1-5H3,(H,27,28)/t14-,17?/m1/s1. The number of benzene rings is 1. The lowest BCUT2D eigenvalue weighted by molar-refractivity contribution is -0.142. The fraction of sp³-hybridized carbons (Fsp3) is 0.522. The second-order valence-electron chi connectivity index (χ2n) is 9.21. The second-order valence-corrected chi connectivity index (χ2v) is 9.21. The van der Waals surface area contributed by atoms with E-state index in [1.54, 1.807) is 33.9 Å². The molecule has 0 aliphatic carbocycles. The molecule has 0 bridgehead atoms. The fourth-order valence-electron chi connectivity index (χ4n) is 4.03. The number of ether oxygens (including phenoxy) is 4. The van der Waals surface area contributed by atoms with Crippen molar-refractivity contribution in [1.29, 1.82) is 0 Å². The summed E-state index contributed by atoms with van der Waals surface area (Å²) in [5.41, 5.74) is -0.737. The van der Waals surface area contributed by atoms with Crippen LogP contribution in [0.3, 0.4) is 0 Å². The number of carbonyl (C=O) groups excluding carboxylic acids is 1. The van der Waals surface area contributed by atoms with Crippen LogP contribution in [-0.4, -0.2) is 78.7 Å². The van der Waals surface area contributed by atoms with Crippen LogP contribution in [0.1, 0.15) is 27.2 Å². The molecule has 4 rings (SSSR count). The van der Waals surface area contributed by atoms with Gasteiger partial charge >= 0.3 is 12.1 Å². The molecule has 2 aliphatic heterocycles. The number of likely N-dealkylation sites (N-methyl/N-ethyl adjacent to an activating group) is 1. The molecule has 33 heavy (non-hydrogen) atoms. The maximum absolute atomic E-state index is 12.6. The van der Waals surface area contributed by atoms with E-state index < -0.39 is 29.8 Å². The molecule has 1 aromatic heterocycles. The molecule has 2 aromatic rings. The Kier molecular flexibility index (Phi) is 5.85.